The Bertz CT molecular complexity index is 626. The van der Waals surface area contributed by atoms with E-state index in [1.54, 1.807) is 26.2 Å². The Hall–Kier alpha value is -2.53. The molecule has 0 radical (unpaired) electrons. The largest absolute Gasteiger partial charge is 0.497 e. The van der Waals surface area contributed by atoms with Crippen molar-refractivity contribution in [2.24, 2.45) is 0 Å². The van der Waals surface area contributed by atoms with Gasteiger partial charge in [0.15, 0.2) is 0 Å². The van der Waals surface area contributed by atoms with Gasteiger partial charge in [-0.25, -0.2) is 0 Å². The van der Waals surface area contributed by atoms with E-state index in [-0.39, 0.29) is 18.6 Å². The molecular formula is C17H20N2O3. The van der Waals surface area contributed by atoms with Gasteiger partial charge in [-0.1, -0.05) is 12.1 Å². The number of anilines is 2. The number of nitrogens with one attached hydrogen (secondary N) is 2. The summed E-state index contributed by atoms with van der Waals surface area (Å²) >= 11 is 0. The SMILES string of the molecule is COc1ccc(Nc2ccccc2C(=O)NC(C)CO)cc1. The predicted octanol–water partition coefficient (Wildman–Crippen LogP) is 2.55. The maximum absolute atomic E-state index is 12.2. The van der Waals surface area contributed by atoms with Gasteiger partial charge in [0, 0.05) is 11.7 Å². The van der Waals surface area contributed by atoms with Gasteiger partial charge in [0.2, 0.25) is 0 Å². The number of aliphatic hydroxyl groups is 1. The van der Waals surface area contributed by atoms with Gasteiger partial charge in [0.05, 0.1) is 25.0 Å². The summed E-state index contributed by atoms with van der Waals surface area (Å²) in [6.07, 6.45) is 0. The fraction of sp³-hybridized carbons (Fsp3) is 0.235. The van der Waals surface area contributed by atoms with Crippen molar-refractivity contribution in [3.05, 3.63) is 54.1 Å². The number of ether oxygens (including phenoxy) is 1. The number of amides is 1. The Balaban J connectivity index is 2.18. The zero-order valence-electron chi connectivity index (χ0n) is 12.7. The standard InChI is InChI=1S/C17H20N2O3/c1-12(11-20)18-17(21)15-5-3-4-6-16(15)19-13-7-9-14(22-2)10-8-13/h3-10,12,19-20H,11H2,1-2H3,(H,18,21). The minimum absolute atomic E-state index is 0.0974. The number of aliphatic hydroxyl groups excluding tert-OH is 1. The topological polar surface area (TPSA) is 70.6 Å². The molecular weight excluding hydrogens is 280 g/mol. The summed E-state index contributed by atoms with van der Waals surface area (Å²) in [7, 11) is 1.62. The average molecular weight is 300 g/mol. The Morgan fingerprint density at radius 2 is 1.86 bits per heavy atom. The highest BCUT2D eigenvalue weighted by Crippen LogP contribution is 2.22. The molecule has 0 saturated carbocycles. The summed E-state index contributed by atoms with van der Waals surface area (Å²) in [5.74, 6) is 0.548. The van der Waals surface area contributed by atoms with Crippen molar-refractivity contribution in [1.82, 2.24) is 5.32 Å². The number of rotatable bonds is 6. The molecule has 0 aromatic heterocycles. The molecule has 0 aliphatic carbocycles. The van der Waals surface area contributed by atoms with Crippen LogP contribution in [0, 0.1) is 0 Å². The normalized spacial score (nSPS) is 11.6. The molecule has 1 amide bonds. The molecule has 0 fully saturated rings. The number of para-hydroxylation sites is 1. The molecule has 1 unspecified atom stereocenters. The van der Waals surface area contributed by atoms with Gasteiger partial charge in [0.25, 0.3) is 5.91 Å². The molecule has 0 aliphatic heterocycles. The molecule has 0 bridgehead atoms. The van der Waals surface area contributed by atoms with E-state index in [4.69, 9.17) is 9.84 Å². The predicted molar refractivity (Wildman–Crippen MR) is 86.7 cm³/mol. The first-order valence-corrected chi connectivity index (χ1v) is 7.06. The van der Waals surface area contributed by atoms with Gasteiger partial charge in [-0.15, -0.1) is 0 Å². The van der Waals surface area contributed by atoms with Gasteiger partial charge in [-0.2, -0.15) is 0 Å². The van der Waals surface area contributed by atoms with E-state index in [9.17, 15) is 4.79 Å². The first-order chi connectivity index (χ1) is 10.6. The lowest BCUT2D eigenvalue weighted by Crippen LogP contribution is -2.35. The number of methoxy groups -OCH3 is 1. The zero-order chi connectivity index (χ0) is 15.9. The molecule has 1 atom stereocenters. The Morgan fingerprint density at radius 1 is 1.18 bits per heavy atom. The van der Waals surface area contributed by atoms with Crippen LogP contribution in [-0.4, -0.2) is 30.8 Å². The van der Waals surface area contributed by atoms with Crippen molar-refractivity contribution >= 4 is 17.3 Å². The molecule has 116 valence electrons. The van der Waals surface area contributed by atoms with Gasteiger partial charge in [0.1, 0.15) is 5.75 Å². The van der Waals surface area contributed by atoms with Crippen LogP contribution in [0.25, 0.3) is 0 Å². The Kier molecular flexibility index (Phi) is 5.38. The van der Waals surface area contributed by atoms with Crippen LogP contribution in [0.1, 0.15) is 17.3 Å². The number of carbonyl (C=O) groups excluding carboxylic acids is 1. The summed E-state index contributed by atoms with van der Waals surface area (Å²) < 4.78 is 5.12. The molecule has 0 saturated heterocycles. The molecule has 2 aromatic carbocycles. The second-order valence-electron chi connectivity index (χ2n) is 4.96. The quantitative estimate of drug-likeness (QED) is 0.767. The van der Waals surface area contributed by atoms with Crippen molar-refractivity contribution in [2.45, 2.75) is 13.0 Å². The van der Waals surface area contributed by atoms with Crippen molar-refractivity contribution in [1.29, 1.82) is 0 Å². The highest BCUT2D eigenvalue weighted by atomic mass is 16.5. The van der Waals surface area contributed by atoms with Crippen molar-refractivity contribution < 1.29 is 14.6 Å². The maximum Gasteiger partial charge on any atom is 0.253 e. The van der Waals surface area contributed by atoms with Crippen molar-refractivity contribution in [3.8, 4) is 5.75 Å². The highest BCUT2D eigenvalue weighted by molar-refractivity contribution is 6.00. The zero-order valence-corrected chi connectivity index (χ0v) is 12.7. The first kappa shape index (κ1) is 15.9. The van der Waals surface area contributed by atoms with Gasteiger partial charge >= 0.3 is 0 Å². The van der Waals surface area contributed by atoms with E-state index in [0.717, 1.165) is 11.4 Å². The minimum atomic E-state index is -0.290. The summed E-state index contributed by atoms with van der Waals surface area (Å²) in [4.78, 5) is 12.2. The van der Waals surface area contributed by atoms with Gasteiger partial charge in [-0.05, 0) is 43.3 Å². The molecule has 0 aliphatic rings. The molecule has 5 nitrogen and oxygen atoms in total. The molecule has 5 heteroatoms. The van der Waals surface area contributed by atoms with Crippen LogP contribution in [0.5, 0.6) is 5.75 Å². The van der Waals surface area contributed by atoms with Crippen LogP contribution in [0.4, 0.5) is 11.4 Å². The van der Waals surface area contributed by atoms with Crippen LogP contribution in [0.15, 0.2) is 48.5 Å². The summed E-state index contributed by atoms with van der Waals surface area (Å²) in [6, 6.07) is 14.4. The molecule has 0 heterocycles. The molecule has 22 heavy (non-hydrogen) atoms. The molecule has 3 N–H and O–H groups in total. The van der Waals surface area contributed by atoms with E-state index in [1.165, 1.54) is 0 Å². The van der Waals surface area contributed by atoms with E-state index >= 15 is 0 Å². The van der Waals surface area contributed by atoms with Crippen LogP contribution in [-0.2, 0) is 0 Å². The smallest absolute Gasteiger partial charge is 0.253 e. The van der Waals surface area contributed by atoms with E-state index < -0.39 is 0 Å². The summed E-state index contributed by atoms with van der Waals surface area (Å²) in [5.41, 5.74) is 2.09. The third kappa shape index (κ3) is 3.99. The lowest BCUT2D eigenvalue weighted by Gasteiger charge is -2.15. The third-order valence-corrected chi connectivity index (χ3v) is 3.19. The van der Waals surface area contributed by atoms with Crippen LogP contribution >= 0.6 is 0 Å². The number of benzene rings is 2. The van der Waals surface area contributed by atoms with Crippen molar-refractivity contribution in [2.75, 3.05) is 19.0 Å². The number of carbonyl (C=O) groups is 1. The first-order valence-electron chi connectivity index (χ1n) is 7.06. The molecule has 0 spiro atoms. The van der Waals surface area contributed by atoms with Crippen LogP contribution < -0.4 is 15.4 Å². The van der Waals surface area contributed by atoms with E-state index in [2.05, 4.69) is 10.6 Å². The third-order valence-electron chi connectivity index (χ3n) is 3.19. The second kappa shape index (κ2) is 7.47. The Labute approximate surface area is 129 Å². The Morgan fingerprint density at radius 3 is 2.50 bits per heavy atom. The summed E-state index contributed by atoms with van der Waals surface area (Å²) in [5, 5.41) is 15.0. The van der Waals surface area contributed by atoms with Crippen LogP contribution in [0.3, 0.4) is 0 Å². The fourth-order valence-electron chi connectivity index (χ4n) is 1.97. The fourth-order valence-corrected chi connectivity index (χ4v) is 1.97. The number of hydrogen-bond donors (Lipinski definition) is 3. The van der Waals surface area contributed by atoms with Gasteiger partial charge < -0.3 is 20.5 Å². The minimum Gasteiger partial charge on any atom is -0.497 e. The molecule has 2 rings (SSSR count). The second-order valence-corrected chi connectivity index (χ2v) is 4.96. The average Bonchev–Trinajstić information content (AvgIpc) is 2.55. The summed E-state index contributed by atoms with van der Waals surface area (Å²) in [6.45, 7) is 1.65. The van der Waals surface area contributed by atoms with Crippen LogP contribution in [0.2, 0.25) is 0 Å². The van der Waals surface area contributed by atoms with E-state index in [0.29, 0.717) is 11.3 Å². The lowest BCUT2D eigenvalue weighted by atomic mass is 10.1. The maximum atomic E-state index is 12.2. The van der Waals surface area contributed by atoms with Crippen molar-refractivity contribution in [3.63, 3.8) is 0 Å². The van der Waals surface area contributed by atoms with Gasteiger partial charge in [-0.3, -0.25) is 4.79 Å². The van der Waals surface area contributed by atoms with E-state index in [1.807, 2.05) is 36.4 Å². The highest BCUT2D eigenvalue weighted by Gasteiger charge is 2.13. The molecule has 2 aromatic rings. The monoisotopic (exact) mass is 300 g/mol. The number of hydrogen-bond acceptors (Lipinski definition) is 4. The lowest BCUT2D eigenvalue weighted by molar-refractivity contribution is 0.0923.